The largest absolute Gasteiger partial charge is 0.497 e. The topological polar surface area (TPSA) is 35.5 Å². The van der Waals surface area contributed by atoms with Crippen molar-refractivity contribution in [1.29, 1.82) is 0 Å². The normalized spacial score (nSPS) is 10.6. The van der Waals surface area contributed by atoms with Gasteiger partial charge in [0.1, 0.15) is 11.5 Å². The number of carbonyl (C=O) groups is 1. The fourth-order valence-electron chi connectivity index (χ4n) is 2.03. The summed E-state index contributed by atoms with van der Waals surface area (Å²) in [5, 5.41) is 0. The summed E-state index contributed by atoms with van der Waals surface area (Å²) in [6.07, 6.45) is 3.38. The van der Waals surface area contributed by atoms with Gasteiger partial charge in [0, 0.05) is 6.07 Å². The van der Waals surface area contributed by atoms with E-state index >= 15 is 0 Å². The van der Waals surface area contributed by atoms with Crippen molar-refractivity contribution in [2.45, 2.75) is 6.92 Å². The number of methoxy groups -OCH3 is 2. The van der Waals surface area contributed by atoms with Gasteiger partial charge in [-0.2, -0.15) is 0 Å². The Labute approximate surface area is 124 Å². The Kier molecular flexibility index (Phi) is 4.77. The molecule has 2 aromatic rings. The van der Waals surface area contributed by atoms with Gasteiger partial charge in [-0.05, 0) is 36.3 Å². The number of hydrogen-bond donors (Lipinski definition) is 0. The fourth-order valence-corrected chi connectivity index (χ4v) is 2.03. The van der Waals surface area contributed by atoms with Crippen molar-refractivity contribution in [3.05, 3.63) is 65.2 Å². The number of carbonyl (C=O) groups excluding carboxylic acids is 1. The Balaban J connectivity index is 2.26. The molecule has 0 saturated heterocycles. The van der Waals surface area contributed by atoms with Crippen LogP contribution < -0.4 is 9.47 Å². The molecule has 108 valence electrons. The van der Waals surface area contributed by atoms with Crippen molar-refractivity contribution < 1.29 is 14.3 Å². The summed E-state index contributed by atoms with van der Waals surface area (Å²) in [6, 6.07) is 13.1. The van der Waals surface area contributed by atoms with Gasteiger partial charge >= 0.3 is 0 Å². The van der Waals surface area contributed by atoms with Crippen LogP contribution in [0.1, 0.15) is 21.5 Å². The van der Waals surface area contributed by atoms with E-state index in [1.54, 1.807) is 31.4 Å². The maximum absolute atomic E-state index is 12.3. The van der Waals surface area contributed by atoms with Crippen LogP contribution in [0.25, 0.3) is 6.08 Å². The van der Waals surface area contributed by atoms with Crippen molar-refractivity contribution in [1.82, 2.24) is 0 Å². The van der Waals surface area contributed by atoms with Gasteiger partial charge < -0.3 is 9.47 Å². The monoisotopic (exact) mass is 282 g/mol. The molecule has 0 radical (unpaired) electrons. The van der Waals surface area contributed by atoms with Crippen LogP contribution in [0.15, 0.2) is 48.5 Å². The molecule has 0 saturated carbocycles. The van der Waals surface area contributed by atoms with Crippen LogP contribution in [0.2, 0.25) is 0 Å². The lowest BCUT2D eigenvalue weighted by Crippen LogP contribution is -1.99. The van der Waals surface area contributed by atoms with Gasteiger partial charge in [-0.3, -0.25) is 4.79 Å². The van der Waals surface area contributed by atoms with Gasteiger partial charge in [0.25, 0.3) is 0 Å². The van der Waals surface area contributed by atoms with E-state index in [1.165, 1.54) is 7.11 Å². The molecule has 3 heteroatoms. The summed E-state index contributed by atoms with van der Waals surface area (Å²) in [5.74, 6) is 1.07. The van der Waals surface area contributed by atoms with Crippen LogP contribution in [0.3, 0.4) is 0 Å². The molecule has 0 N–H and O–H groups in total. The summed E-state index contributed by atoms with van der Waals surface area (Å²) in [6.45, 7) is 2.01. The molecule has 0 aliphatic heterocycles. The van der Waals surface area contributed by atoms with E-state index in [0.29, 0.717) is 17.1 Å². The zero-order valence-corrected chi connectivity index (χ0v) is 12.4. The average Bonchev–Trinajstić information content (AvgIpc) is 2.53. The van der Waals surface area contributed by atoms with E-state index in [1.807, 2.05) is 37.3 Å². The Morgan fingerprint density at radius 3 is 2.48 bits per heavy atom. The van der Waals surface area contributed by atoms with Crippen molar-refractivity contribution in [2.75, 3.05) is 14.2 Å². The molecule has 3 nitrogen and oxygen atoms in total. The molecule has 21 heavy (non-hydrogen) atoms. The molecule has 2 rings (SSSR count). The minimum absolute atomic E-state index is 0.0993. The van der Waals surface area contributed by atoms with Crippen molar-refractivity contribution in [3.8, 4) is 11.5 Å². The number of aryl methyl sites for hydroxylation is 1. The highest BCUT2D eigenvalue weighted by Gasteiger charge is 2.10. The van der Waals surface area contributed by atoms with E-state index in [2.05, 4.69) is 0 Å². The van der Waals surface area contributed by atoms with Crippen LogP contribution in [-0.4, -0.2) is 20.0 Å². The molecular weight excluding hydrogens is 264 g/mol. The fraction of sp³-hybridized carbons (Fsp3) is 0.167. The Morgan fingerprint density at radius 2 is 1.81 bits per heavy atom. The predicted molar refractivity (Wildman–Crippen MR) is 84.1 cm³/mol. The van der Waals surface area contributed by atoms with Crippen molar-refractivity contribution in [2.24, 2.45) is 0 Å². The summed E-state index contributed by atoms with van der Waals surface area (Å²) in [5.41, 5.74) is 2.67. The zero-order valence-electron chi connectivity index (χ0n) is 12.4. The highest BCUT2D eigenvalue weighted by molar-refractivity contribution is 6.08. The summed E-state index contributed by atoms with van der Waals surface area (Å²) >= 11 is 0. The summed E-state index contributed by atoms with van der Waals surface area (Å²) in [7, 11) is 3.12. The van der Waals surface area contributed by atoms with Crippen LogP contribution >= 0.6 is 0 Å². The molecule has 0 bridgehead atoms. The number of hydrogen-bond acceptors (Lipinski definition) is 3. The van der Waals surface area contributed by atoms with E-state index in [-0.39, 0.29) is 5.78 Å². The average molecular weight is 282 g/mol. The molecule has 0 atom stereocenters. The molecule has 0 fully saturated rings. The summed E-state index contributed by atoms with van der Waals surface area (Å²) < 4.78 is 10.4. The molecular formula is C18H18O3. The zero-order chi connectivity index (χ0) is 15.2. The van der Waals surface area contributed by atoms with Crippen molar-refractivity contribution in [3.63, 3.8) is 0 Å². The van der Waals surface area contributed by atoms with E-state index in [0.717, 1.165) is 11.1 Å². The third kappa shape index (κ3) is 3.51. The summed E-state index contributed by atoms with van der Waals surface area (Å²) in [4.78, 5) is 12.3. The predicted octanol–water partition coefficient (Wildman–Crippen LogP) is 3.91. The maximum Gasteiger partial charge on any atom is 0.189 e. The van der Waals surface area contributed by atoms with Gasteiger partial charge in [0.2, 0.25) is 0 Å². The molecule has 0 aromatic heterocycles. The van der Waals surface area contributed by atoms with Gasteiger partial charge in [-0.15, -0.1) is 0 Å². The SMILES string of the molecule is COc1ccc(C(=O)C=Cc2ccccc2C)c(OC)c1. The highest BCUT2D eigenvalue weighted by Crippen LogP contribution is 2.25. The molecule has 0 spiro atoms. The second-order valence-corrected chi connectivity index (χ2v) is 4.62. The standard InChI is InChI=1S/C18H18O3/c1-13-6-4-5-7-14(13)8-11-17(19)16-10-9-15(20-2)12-18(16)21-3/h4-12H,1-3H3. The van der Waals surface area contributed by atoms with E-state index < -0.39 is 0 Å². The molecule has 0 heterocycles. The third-order valence-electron chi connectivity index (χ3n) is 3.28. The quantitative estimate of drug-likeness (QED) is 0.616. The second-order valence-electron chi connectivity index (χ2n) is 4.62. The molecule has 0 amide bonds. The number of benzene rings is 2. The minimum Gasteiger partial charge on any atom is -0.497 e. The van der Waals surface area contributed by atoms with Gasteiger partial charge in [-0.25, -0.2) is 0 Å². The van der Waals surface area contributed by atoms with Crippen LogP contribution in [0, 0.1) is 6.92 Å². The van der Waals surface area contributed by atoms with Gasteiger partial charge in [0.15, 0.2) is 5.78 Å². The lowest BCUT2D eigenvalue weighted by atomic mass is 10.1. The first kappa shape index (κ1) is 14.9. The third-order valence-corrected chi connectivity index (χ3v) is 3.28. The van der Waals surface area contributed by atoms with Crippen LogP contribution in [0.4, 0.5) is 0 Å². The molecule has 0 aliphatic carbocycles. The smallest absolute Gasteiger partial charge is 0.189 e. The number of allylic oxidation sites excluding steroid dienone is 1. The van der Waals surface area contributed by atoms with E-state index in [4.69, 9.17) is 9.47 Å². The first-order chi connectivity index (χ1) is 10.2. The Bertz CT molecular complexity index is 672. The minimum atomic E-state index is -0.0993. The Hall–Kier alpha value is -2.55. The Morgan fingerprint density at radius 1 is 1.05 bits per heavy atom. The van der Waals surface area contributed by atoms with E-state index in [9.17, 15) is 4.79 Å². The molecule has 0 aliphatic rings. The molecule has 2 aromatic carbocycles. The van der Waals surface area contributed by atoms with Gasteiger partial charge in [-0.1, -0.05) is 30.3 Å². The number of rotatable bonds is 5. The lowest BCUT2D eigenvalue weighted by molar-refractivity contribution is 0.104. The van der Waals surface area contributed by atoms with Crippen LogP contribution in [-0.2, 0) is 0 Å². The molecule has 0 unspecified atom stereocenters. The maximum atomic E-state index is 12.3. The first-order valence-electron chi connectivity index (χ1n) is 6.65. The lowest BCUT2D eigenvalue weighted by Gasteiger charge is -2.08. The highest BCUT2D eigenvalue weighted by atomic mass is 16.5. The second kappa shape index (κ2) is 6.75. The first-order valence-corrected chi connectivity index (χ1v) is 6.65. The number of ether oxygens (including phenoxy) is 2. The van der Waals surface area contributed by atoms with Gasteiger partial charge in [0.05, 0.1) is 19.8 Å². The number of ketones is 1. The van der Waals surface area contributed by atoms with Crippen molar-refractivity contribution >= 4 is 11.9 Å². The van der Waals surface area contributed by atoms with Crippen LogP contribution in [0.5, 0.6) is 11.5 Å².